The summed E-state index contributed by atoms with van der Waals surface area (Å²) in [6, 6.07) is 3.92. The minimum absolute atomic E-state index is 0.0218. The van der Waals surface area contributed by atoms with Crippen molar-refractivity contribution < 1.29 is 4.79 Å². The van der Waals surface area contributed by atoms with E-state index in [1.165, 1.54) is 0 Å². The first-order valence-corrected chi connectivity index (χ1v) is 8.38. The van der Waals surface area contributed by atoms with Crippen molar-refractivity contribution in [3.8, 4) is 0 Å². The second kappa shape index (κ2) is 8.59. The maximum atomic E-state index is 12.2. The van der Waals surface area contributed by atoms with Crippen LogP contribution in [0, 0.1) is 13.8 Å². The number of pyridine rings is 1. The van der Waals surface area contributed by atoms with Crippen LogP contribution >= 0.6 is 0 Å². The zero-order chi connectivity index (χ0) is 17.5. The summed E-state index contributed by atoms with van der Waals surface area (Å²) in [5.74, 6) is 0.0218. The summed E-state index contributed by atoms with van der Waals surface area (Å²) in [6.45, 7) is 8.73. The van der Waals surface area contributed by atoms with E-state index in [4.69, 9.17) is 0 Å². The average Bonchev–Trinajstić information content (AvgIpc) is 2.80. The Kier molecular flexibility index (Phi) is 6.49. The molecule has 2 rings (SSSR count). The van der Waals surface area contributed by atoms with Crippen LogP contribution in [0.15, 0.2) is 24.5 Å². The number of carbonyl (C=O) groups is 1. The molecule has 0 fully saturated rings. The minimum atomic E-state index is 0.0218. The van der Waals surface area contributed by atoms with Gasteiger partial charge in [-0.25, -0.2) is 0 Å². The lowest BCUT2D eigenvalue weighted by Gasteiger charge is -2.16. The second-order valence-corrected chi connectivity index (χ2v) is 6.18. The van der Waals surface area contributed by atoms with Gasteiger partial charge in [0.1, 0.15) is 0 Å². The van der Waals surface area contributed by atoms with Gasteiger partial charge in [0.15, 0.2) is 0 Å². The molecule has 0 aliphatic rings. The number of rotatable bonds is 8. The summed E-state index contributed by atoms with van der Waals surface area (Å²) in [4.78, 5) is 18.2. The molecule has 6 heteroatoms. The van der Waals surface area contributed by atoms with Gasteiger partial charge in [0.05, 0.1) is 12.2 Å². The molecule has 0 saturated carbocycles. The Hall–Kier alpha value is -2.21. The van der Waals surface area contributed by atoms with Crippen molar-refractivity contribution in [1.29, 1.82) is 0 Å². The van der Waals surface area contributed by atoms with E-state index in [0.29, 0.717) is 13.1 Å². The van der Waals surface area contributed by atoms with Crippen LogP contribution in [0.1, 0.15) is 35.9 Å². The third kappa shape index (κ3) is 4.89. The molecule has 24 heavy (non-hydrogen) atoms. The third-order valence-electron chi connectivity index (χ3n) is 4.04. The fourth-order valence-corrected chi connectivity index (χ4v) is 2.76. The number of carbonyl (C=O) groups excluding carboxylic acids is 1. The maximum Gasteiger partial charge on any atom is 0.234 e. The summed E-state index contributed by atoms with van der Waals surface area (Å²) >= 11 is 0. The molecule has 0 aliphatic heterocycles. The van der Waals surface area contributed by atoms with Gasteiger partial charge in [-0.1, -0.05) is 6.92 Å². The summed E-state index contributed by atoms with van der Waals surface area (Å²) in [5.41, 5.74) is 4.40. The number of aromatic nitrogens is 3. The van der Waals surface area contributed by atoms with Crippen LogP contribution in [0.25, 0.3) is 0 Å². The second-order valence-electron chi connectivity index (χ2n) is 6.18. The number of hydrogen-bond acceptors (Lipinski definition) is 4. The van der Waals surface area contributed by atoms with Crippen LogP contribution in [-0.4, -0.2) is 39.2 Å². The fourth-order valence-electron chi connectivity index (χ4n) is 2.76. The average molecular weight is 329 g/mol. The highest BCUT2D eigenvalue weighted by atomic mass is 16.2. The lowest BCUT2D eigenvalue weighted by Crippen LogP contribution is -2.34. The number of likely N-dealkylation sites (N-methyl/N-ethyl adjacent to an activating group) is 1. The van der Waals surface area contributed by atoms with Crippen molar-refractivity contribution in [1.82, 2.24) is 25.0 Å². The van der Waals surface area contributed by atoms with Crippen LogP contribution in [0.5, 0.6) is 0 Å². The van der Waals surface area contributed by atoms with Gasteiger partial charge in [0.2, 0.25) is 5.91 Å². The Balaban J connectivity index is 1.85. The van der Waals surface area contributed by atoms with Crippen molar-refractivity contribution in [3.05, 3.63) is 47.0 Å². The van der Waals surface area contributed by atoms with Gasteiger partial charge in [-0.2, -0.15) is 5.10 Å². The highest BCUT2D eigenvalue weighted by molar-refractivity contribution is 5.78. The molecule has 0 radical (unpaired) electrons. The normalized spacial score (nSPS) is 11.0. The first-order valence-electron chi connectivity index (χ1n) is 8.38. The number of amides is 1. The van der Waals surface area contributed by atoms with E-state index < -0.39 is 0 Å². The zero-order valence-corrected chi connectivity index (χ0v) is 15.0. The highest BCUT2D eigenvalue weighted by Gasteiger charge is 2.13. The Bertz CT molecular complexity index is 666. The predicted octanol–water partition coefficient (Wildman–Crippen LogP) is 2.05. The van der Waals surface area contributed by atoms with Crippen LogP contribution in [0.4, 0.5) is 0 Å². The molecule has 0 aliphatic carbocycles. The van der Waals surface area contributed by atoms with E-state index in [1.54, 1.807) is 12.4 Å². The van der Waals surface area contributed by atoms with E-state index in [2.05, 4.69) is 29.2 Å². The SMILES string of the molecule is CCCn1nc(C)c(CNC(=O)CN(C)Cc2ccncc2)c1C. The van der Waals surface area contributed by atoms with Crippen molar-refractivity contribution in [3.63, 3.8) is 0 Å². The number of hydrogen-bond donors (Lipinski definition) is 1. The Morgan fingerprint density at radius 2 is 2.00 bits per heavy atom. The predicted molar refractivity (Wildman–Crippen MR) is 94.4 cm³/mol. The molecule has 2 aromatic rings. The van der Waals surface area contributed by atoms with E-state index in [9.17, 15) is 4.79 Å². The van der Waals surface area contributed by atoms with E-state index in [-0.39, 0.29) is 5.91 Å². The maximum absolute atomic E-state index is 12.2. The van der Waals surface area contributed by atoms with Gasteiger partial charge in [0, 0.05) is 43.3 Å². The van der Waals surface area contributed by atoms with Crippen LogP contribution in [0.2, 0.25) is 0 Å². The zero-order valence-electron chi connectivity index (χ0n) is 15.0. The highest BCUT2D eigenvalue weighted by Crippen LogP contribution is 2.13. The third-order valence-corrected chi connectivity index (χ3v) is 4.04. The number of nitrogens with zero attached hydrogens (tertiary/aromatic N) is 4. The van der Waals surface area contributed by atoms with Crippen LogP contribution < -0.4 is 5.32 Å². The van der Waals surface area contributed by atoms with E-state index in [0.717, 1.165) is 42.0 Å². The van der Waals surface area contributed by atoms with Gasteiger partial charge in [-0.15, -0.1) is 0 Å². The largest absolute Gasteiger partial charge is 0.351 e. The first kappa shape index (κ1) is 18.1. The van der Waals surface area contributed by atoms with E-state index >= 15 is 0 Å². The number of aryl methyl sites for hydroxylation is 2. The molecule has 6 nitrogen and oxygen atoms in total. The fraction of sp³-hybridized carbons (Fsp3) is 0.500. The molecule has 0 aromatic carbocycles. The Morgan fingerprint density at radius 1 is 1.29 bits per heavy atom. The van der Waals surface area contributed by atoms with Crippen LogP contribution in [0.3, 0.4) is 0 Å². The first-order chi connectivity index (χ1) is 11.5. The summed E-state index contributed by atoms with van der Waals surface area (Å²) in [5, 5.41) is 7.55. The lowest BCUT2D eigenvalue weighted by molar-refractivity contribution is -0.122. The quantitative estimate of drug-likeness (QED) is 0.805. The van der Waals surface area contributed by atoms with Gasteiger partial charge >= 0.3 is 0 Å². The van der Waals surface area contributed by atoms with Gasteiger partial charge in [-0.05, 0) is 45.0 Å². The molecular formula is C18H27N5O. The molecule has 130 valence electrons. The standard InChI is InChI=1S/C18H27N5O/c1-5-10-23-15(3)17(14(2)21-23)11-20-18(24)13-22(4)12-16-6-8-19-9-7-16/h6-9H,5,10-13H2,1-4H3,(H,20,24). The lowest BCUT2D eigenvalue weighted by atomic mass is 10.2. The van der Waals surface area contributed by atoms with Crippen molar-refractivity contribution in [2.75, 3.05) is 13.6 Å². The summed E-state index contributed by atoms with van der Waals surface area (Å²) < 4.78 is 2.02. The molecule has 0 atom stereocenters. The van der Waals surface area contributed by atoms with Gasteiger partial charge < -0.3 is 5.32 Å². The van der Waals surface area contributed by atoms with Gasteiger partial charge in [0.25, 0.3) is 0 Å². The topological polar surface area (TPSA) is 63.1 Å². The smallest absolute Gasteiger partial charge is 0.234 e. The molecule has 0 unspecified atom stereocenters. The summed E-state index contributed by atoms with van der Waals surface area (Å²) in [6.07, 6.45) is 4.58. The van der Waals surface area contributed by atoms with Crippen molar-refractivity contribution in [2.24, 2.45) is 0 Å². The minimum Gasteiger partial charge on any atom is -0.351 e. The van der Waals surface area contributed by atoms with Crippen LogP contribution in [-0.2, 0) is 24.4 Å². The van der Waals surface area contributed by atoms with E-state index in [1.807, 2.05) is 35.7 Å². The summed E-state index contributed by atoms with van der Waals surface area (Å²) in [7, 11) is 1.94. The number of nitrogens with one attached hydrogen (secondary N) is 1. The van der Waals surface area contributed by atoms with Crippen molar-refractivity contribution in [2.45, 2.75) is 46.8 Å². The van der Waals surface area contributed by atoms with Crippen molar-refractivity contribution >= 4 is 5.91 Å². The molecule has 2 aromatic heterocycles. The van der Waals surface area contributed by atoms with Gasteiger partial charge in [-0.3, -0.25) is 19.4 Å². The monoisotopic (exact) mass is 329 g/mol. The Morgan fingerprint density at radius 3 is 2.67 bits per heavy atom. The molecule has 1 amide bonds. The molecule has 0 spiro atoms. The Labute approximate surface area is 143 Å². The molecular weight excluding hydrogens is 302 g/mol. The molecule has 0 bridgehead atoms. The molecule has 0 saturated heterocycles. The molecule has 2 heterocycles. The molecule has 1 N–H and O–H groups in total.